The molecule has 1 N–H and O–H groups in total. The van der Waals surface area contributed by atoms with E-state index < -0.39 is 5.60 Å². The van der Waals surface area contributed by atoms with Gasteiger partial charge in [0.15, 0.2) is 0 Å². The van der Waals surface area contributed by atoms with Crippen LogP contribution in [0.15, 0.2) is 36.5 Å². The molecule has 1 aliphatic rings. The SMILES string of the molecule is CCCC1CCC(O)(c2ccc3cccnc3c2)CC1. The summed E-state index contributed by atoms with van der Waals surface area (Å²) < 4.78 is 0. The number of benzene rings is 1. The molecule has 3 rings (SSSR count). The Labute approximate surface area is 120 Å². The normalized spacial score (nSPS) is 26.8. The van der Waals surface area contributed by atoms with Crippen LogP contribution in [0.3, 0.4) is 0 Å². The number of nitrogens with zero attached hydrogens (tertiary/aromatic N) is 1. The molecule has 2 nitrogen and oxygen atoms in total. The Morgan fingerprint density at radius 2 is 2.05 bits per heavy atom. The molecule has 1 heterocycles. The Hall–Kier alpha value is -1.41. The van der Waals surface area contributed by atoms with Crippen molar-refractivity contribution in [1.29, 1.82) is 0 Å². The summed E-state index contributed by atoms with van der Waals surface area (Å²) in [7, 11) is 0. The van der Waals surface area contributed by atoms with Crippen LogP contribution < -0.4 is 0 Å². The Morgan fingerprint density at radius 3 is 2.80 bits per heavy atom. The molecule has 0 amide bonds. The van der Waals surface area contributed by atoms with Gasteiger partial charge in [-0.25, -0.2) is 0 Å². The average molecular weight is 269 g/mol. The average Bonchev–Trinajstić information content (AvgIpc) is 2.49. The van der Waals surface area contributed by atoms with Gasteiger partial charge in [-0.05, 0) is 49.3 Å². The summed E-state index contributed by atoms with van der Waals surface area (Å²) in [5, 5.41) is 12.1. The molecule has 1 fully saturated rings. The lowest BCUT2D eigenvalue weighted by atomic mass is 9.74. The van der Waals surface area contributed by atoms with Crippen molar-refractivity contribution < 1.29 is 5.11 Å². The summed E-state index contributed by atoms with van der Waals surface area (Å²) in [6, 6.07) is 10.2. The lowest BCUT2D eigenvalue weighted by Gasteiger charge is -2.36. The van der Waals surface area contributed by atoms with E-state index in [2.05, 4.69) is 36.2 Å². The molecule has 1 aromatic carbocycles. The maximum atomic E-state index is 11.0. The molecule has 0 aliphatic heterocycles. The second kappa shape index (κ2) is 5.53. The summed E-state index contributed by atoms with van der Waals surface area (Å²) in [4.78, 5) is 4.40. The molecule has 106 valence electrons. The van der Waals surface area contributed by atoms with Crippen LogP contribution in [0.2, 0.25) is 0 Å². The number of aromatic nitrogens is 1. The van der Waals surface area contributed by atoms with Crippen molar-refractivity contribution >= 4 is 10.9 Å². The van der Waals surface area contributed by atoms with Gasteiger partial charge in [-0.1, -0.05) is 38.0 Å². The molecule has 0 radical (unpaired) electrons. The first-order valence-electron chi connectivity index (χ1n) is 7.79. The van der Waals surface area contributed by atoms with Gasteiger partial charge in [-0.3, -0.25) is 4.98 Å². The van der Waals surface area contributed by atoms with Crippen LogP contribution >= 0.6 is 0 Å². The first kappa shape index (κ1) is 13.6. The molecule has 1 aromatic heterocycles. The second-order valence-electron chi connectivity index (χ2n) is 6.17. The molecule has 1 aliphatic carbocycles. The van der Waals surface area contributed by atoms with E-state index in [-0.39, 0.29) is 0 Å². The van der Waals surface area contributed by atoms with Gasteiger partial charge in [0.2, 0.25) is 0 Å². The van der Waals surface area contributed by atoms with Crippen LogP contribution in [0.1, 0.15) is 51.0 Å². The highest BCUT2D eigenvalue weighted by Crippen LogP contribution is 2.41. The van der Waals surface area contributed by atoms with Crippen LogP contribution in [0, 0.1) is 5.92 Å². The fraction of sp³-hybridized carbons (Fsp3) is 0.500. The van der Waals surface area contributed by atoms with E-state index in [1.807, 2.05) is 12.3 Å². The summed E-state index contributed by atoms with van der Waals surface area (Å²) in [6.45, 7) is 2.25. The third kappa shape index (κ3) is 2.57. The maximum absolute atomic E-state index is 11.0. The molecule has 2 heteroatoms. The van der Waals surface area contributed by atoms with E-state index in [1.54, 1.807) is 0 Å². The Kier molecular flexibility index (Phi) is 3.75. The van der Waals surface area contributed by atoms with E-state index in [9.17, 15) is 5.11 Å². The number of aliphatic hydroxyl groups is 1. The summed E-state index contributed by atoms with van der Waals surface area (Å²) in [5.74, 6) is 0.804. The van der Waals surface area contributed by atoms with Gasteiger partial charge in [0.1, 0.15) is 0 Å². The second-order valence-corrected chi connectivity index (χ2v) is 6.17. The van der Waals surface area contributed by atoms with Gasteiger partial charge in [-0.15, -0.1) is 0 Å². The third-order valence-corrected chi connectivity index (χ3v) is 4.77. The van der Waals surface area contributed by atoms with Gasteiger partial charge < -0.3 is 5.11 Å². The van der Waals surface area contributed by atoms with Crippen molar-refractivity contribution in [3.63, 3.8) is 0 Å². The molecule has 1 saturated carbocycles. The van der Waals surface area contributed by atoms with Gasteiger partial charge >= 0.3 is 0 Å². The topological polar surface area (TPSA) is 33.1 Å². The van der Waals surface area contributed by atoms with Gasteiger partial charge in [-0.2, -0.15) is 0 Å². The van der Waals surface area contributed by atoms with Crippen molar-refractivity contribution in [2.24, 2.45) is 5.92 Å². The first-order chi connectivity index (χ1) is 9.71. The molecular weight excluding hydrogens is 246 g/mol. The predicted molar refractivity (Wildman–Crippen MR) is 82.5 cm³/mol. The molecule has 0 spiro atoms. The van der Waals surface area contributed by atoms with Crippen molar-refractivity contribution in [1.82, 2.24) is 4.98 Å². The van der Waals surface area contributed by atoms with E-state index in [0.29, 0.717) is 0 Å². The monoisotopic (exact) mass is 269 g/mol. The molecule has 0 atom stereocenters. The molecule has 0 unspecified atom stereocenters. The van der Waals surface area contributed by atoms with E-state index in [1.165, 1.54) is 12.8 Å². The van der Waals surface area contributed by atoms with Crippen molar-refractivity contribution in [3.05, 3.63) is 42.1 Å². The smallest absolute Gasteiger partial charge is 0.0897 e. The molecule has 0 bridgehead atoms. The highest BCUT2D eigenvalue weighted by atomic mass is 16.3. The third-order valence-electron chi connectivity index (χ3n) is 4.77. The Balaban J connectivity index is 1.83. The zero-order chi connectivity index (χ0) is 14.0. The first-order valence-corrected chi connectivity index (χ1v) is 7.79. The van der Waals surface area contributed by atoms with Gasteiger partial charge in [0, 0.05) is 11.6 Å². The number of fused-ring (bicyclic) bond motifs is 1. The maximum Gasteiger partial charge on any atom is 0.0897 e. The fourth-order valence-corrected chi connectivity index (χ4v) is 3.50. The van der Waals surface area contributed by atoms with E-state index in [4.69, 9.17) is 0 Å². The number of hydrogen-bond acceptors (Lipinski definition) is 2. The van der Waals surface area contributed by atoms with Crippen LogP contribution in [-0.4, -0.2) is 10.1 Å². The number of pyridine rings is 1. The molecular formula is C18H23NO. The Morgan fingerprint density at radius 1 is 1.25 bits per heavy atom. The number of hydrogen-bond donors (Lipinski definition) is 1. The van der Waals surface area contributed by atoms with Gasteiger partial charge in [0.05, 0.1) is 11.1 Å². The fourth-order valence-electron chi connectivity index (χ4n) is 3.50. The molecule has 2 aromatic rings. The Bertz CT molecular complexity index is 585. The lowest BCUT2D eigenvalue weighted by Crippen LogP contribution is -2.31. The van der Waals surface area contributed by atoms with Crippen molar-refractivity contribution in [3.8, 4) is 0 Å². The zero-order valence-electron chi connectivity index (χ0n) is 12.2. The van der Waals surface area contributed by atoms with Crippen LogP contribution in [0.25, 0.3) is 10.9 Å². The minimum atomic E-state index is -0.643. The minimum absolute atomic E-state index is 0.643. The van der Waals surface area contributed by atoms with E-state index in [0.717, 1.165) is 48.1 Å². The van der Waals surface area contributed by atoms with Crippen LogP contribution in [0.4, 0.5) is 0 Å². The zero-order valence-corrected chi connectivity index (χ0v) is 12.2. The van der Waals surface area contributed by atoms with Crippen molar-refractivity contribution in [2.45, 2.75) is 51.0 Å². The minimum Gasteiger partial charge on any atom is -0.385 e. The highest BCUT2D eigenvalue weighted by molar-refractivity contribution is 5.79. The lowest BCUT2D eigenvalue weighted by molar-refractivity contribution is -0.0151. The van der Waals surface area contributed by atoms with Gasteiger partial charge in [0.25, 0.3) is 0 Å². The van der Waals surface area contributed by atoms with Crippen molar-refractivity contribution in [2.75, 3.05) is 0 Å². The number of rotatable bonds is 3. The standard InChI is InChI=1S/C18H23NO/c1-2-4-14-8-10-18(20,11-9-14)16-7-6-15-5-3-12-19-17(15)13-16/h3,5-7,12-14,20H,2,4,8-11H2,1H3. The largest absolute Gasteiger partial charge is 0.385 e. The van der Waals surface area contributed by atoms with Crippen LogP contribution in [-0.2, 0) is 5.60 Å². The molecule has 20 heavy (non-hydrogen) atoms. The summed E-state index contributed by atoms with van der Waals surface area (Å²) in [6.07, 6.45) is 8.42. The van der Waals surface area contributed by atoms with E-state index >= 15 is 0 Å². The van der Waals surface area contributed by atoms with Crippen LogP contribution in [0.5, 0.6) is 0 Å². The quantitative estimate of drug-likeness (QED) is 0.895. The highest BCUT2D eigenvalue weighted by Gasteiger charge is 2.34. The summed E-state index contributed by atoms with van der Waals surface area (Å²) >= 11 is 0. The predicted octanol–water partition coefficient (Wildman–Crippen LogP) is 4.41. The molecule has 0 saturated heterocycles. The summed E-state index contributed by atoms with van der Waals surface area (Å²) in [5.41, 5.74) is 1.38.